The Morgan fingerprint density at radius 1 is 1.24 bits per heavy atom. The Labute approximate surface area is 101 Å². The van der Waals surface area contributed by atoms with E-state index in [0.717, 1.165) is 17.5 Å². The van der Waals surface area contributed by atoms with E-state index >= 15 is 0 Å². The summed E-state index contributed by atoms with van der Waals surface area (Å²) in [4.78, 5) is 0. The van der Waals surface area contributed by atoms with Crippen molar-refractivity contribution in [2.75, 3.05) is 13.2 Å². The third-order valence-electron chi connectivity index (χ3n) is 3.44. The molecule has 0 saturated carbocycles. The Hall–Kier alpha value is -0.930. The molecule has 1 aromatic rings. The van der Waals surface area contributed by atoms with Gasteiger partial charge in [0.15, 0.2) is 0 Å². The quantitative estimate of drug-likeness (QED) is 0.815. The molecule has 2 nitrogen and oxygen atoms in total. The number of hydrogen-bond acceptors (Lipinski definition) is 2. The van der Waals surface area contributed by atoms with Gasteiger partial charge in [0.25, 0.3) is 0 Å². The summed E-state index contributed by atoms with van der Waals surface area (Å²) in [6.45, 7) is 4.85. The highest BCUT2D eigenvalue weighted by Crippen LogP contribution is 2.36. The second kappa shape index (κ2) is 4.75. The third-order valence-corrected chi connectivity index (χ3v) is 3.44. The van der Waals surface area contributed by atoms with Crippen LogP contribution in [0.1, 0.15) is 36.0 Å². The van der Waals surface area contributed by atoms with E-state index < -0.39 is 5.60 Å². The van der Waals surface area contributed by atoms with Gasteiger partial charge in [0.05, 0.1) is 5.60 Å². The van der Waals surface area contributed by atoms with Gasteiger partial charge in [0.2, 0.25) is 0 Å². The van der Waals surface area contributed by atoms with Crippen molar-refractivity contribution in [2.24, 2.45) is 0 Å². The highest BCUT2D eigenvalue weighted by atomic mass is 19.1. The van der Waals surface area contributed by atoms with Gasteiger partial charge in [-0.2, -0.15) is 0 Å². The molecule has 94 valence electrons. The van der Waals surface area contributed by atoms with Gasteiger partial charge >= 0.3 is 0 Å². The van der Waals surface area contributed by atoms with Gasteiger partial charge in [0, 0.05) is 25.2 Å². The summed E-state index contributed by atoms with van der Waals surface area (Å²) in [5, 5.41) is 10.7. The summed E-state index contributed by atoms with van der Waals surface area (Å²) in [6.07, 6.45) is 1.80. The zero-order valence-corrected chi connectivity index (χ0v) is 10.4. The molecule has 1 heterocycles. The van der Waals surface area contributed by atoms with Gasteiger partial charge in [-0.3, -0.25) is 0 Å². The van der Waals surface area contributed by atoms with E-state index in [1.54, 1.807) is 0 Å². The van der Waals surface area contributed by atoms with Gasteiger partial charge in [0.1, 0.15) is 5.82 Å². The lowest BCUT2D eigenvalue weighted by Gasteiger charge is -2.29. The zero-order valence-electron chi connectivity index (χ0n) is 10.4. The van der Waals surface area contributed by atoms with Gasteiger partial charge in [-0.05, 0) is 43.9 Å². The van der Waals surface area contributed by atoms with Crippen molar-refractivity contribution in [3.05, 3.63) is 34.6 Å². The van der Waals surface area contributed by atoms with Crippen molar-refractivity contribution in [1.29, 1.82) is 0 Å². The van der Waals surface area contributed by atoms with Crippen LogP contribution >= 0.6 is 0 Å². The van der Waals surface area contributed by atoms with Crippen molar-refractivity contribution in [2.45, 2.75) is 38.7 Å². The van der Waals surface area contributed by atoms with Gasteiger partial charge in [-0.15, -0.1) is 0 Å². The van der Waals surface area contributed by atoms with Crippen molar-refractivity contribution in [3.8, 4) is 0 Å². The van der Waals surface area contributed by atoms with Crippen LogP contribution in [0.5, 0.6) is 0 Å². The molecule has 1 aliphatic rings. The number of benzene rings is 1. The Morgan fingerprint density at radius 2 is 2.00 bits per heavy atom. The molecule has 1 unspecified atom stereocenters. The lowest BCUT2D eigenvalue weighted by atomic mass is 9.83. The molecule has 0 aliphatic carbocycles. The molecule has 1 atom stereocenters. The minimum absolute atomic E-state index is 0.299. The minimum atomic E-state index is -1.07. The lowest BCUT2D eigenvalue weighted by molar-refractivity contribution is 0.0107. The number of rotatable bonds is 1. The fourth-order valence-corrected chi connectivity index (χ4v) is 2.69. The van der Waals surface area contributed by atoms with Crippen molar-refractivity contribution in [1.82, 2.24) is 0 Å². The maximum absolute atomic E-state index is 14.1. The number of ether oxygens (including phenoxy) is 1. The predicted octanol–water partition coefficient (Wildman–Crippen LogP) is 2.83. The second-order valence-corrected chi connectivity index (χ2v) is 4.94. The maximum Gasteiger partial charge on any atom is 0.129 e. The van der Waals surface area contributed by atoms with Crippen LogP contribution in [0.2, 0.25) is 0 Å². The topological polar surface area (TPSA) is 29.5 Å². The summed E-state index contributed by atoms with van der Waals surface area (Å²) < 4.78 is 19.4. The van der Waals surface area contributed by atoms with Crippen LogP contribution in [0.4, 0.5) is 4.39 Å². The number of hydrogen-bond donors (Lipinski definition) is 1. The fourth-order valence-electron chi connectivity index (χ4n) is 2.69. The first-order valence-corrected chi connectivity index (χ1v) is 6.10. The van der Waals surface area contributed by atoms with E-state index in [2.05, 4.69) is 0 Å². The first-order chi connectivity index (χ1) is 8.03. The summed E-state index contributed by atoms with van der Waals surface area (Å²) in [5.74, 6) is -0.299. The molecule has 0 aromatic heterocycles. The first-order valence-electron chi connectivity index (χ1n) is 6.10. The van der Waals surface area contributed by atoms with Crippen molar-refractivity contribution in [3.63, 3.8) is 0 Å². The molecule has 0 spiro atoms. The van der Waals surface area contributed by atoms with E-state index in [9.17, 15) is 9.50 Å². The van der Waals surface area contributed by atoms with Crippen LogP contribution in [0.3, 0.4) is 0 Å². The van der Waals surface area contributed by atoms with Crippen LogP contribution in [0.25, 0.3) is 0 Å². The Balaban J connectivity index is 2.44. The lowest BCUT2D eigenvalue weighted by Crippen LogP contribution is -2.28. The average molecular weight is 238 g/mol. The molecular formula is C14H19FO2. The van der Waals surface area contributed by atoms with Gasteiger partial charge < -0.3 is 9.84 Å². The number of aliphatic hydroxyl groups is 1. The molecule has 0 radical (unpaired) electrons. The zero-order chi connectivity index (χ0) is 12.5. The van der Waals surface area contributed by atoms with E-state index in [1.165, 1.54) is 6.07 Å². The molecule has 1 N–H and O–H groups in total. The third kappa shape index (κ3) is 2.50. The normalized spacial score (nSPS) is 25.6. The highest BCUT2D eigenvalue weighted by molar-refractivity contribution is 5.36. The Morgan fingerprint density at radius 3 is 2.71 bits per heavy atom. The van der Waals surface area contributed by atoms with E-state index in [1.807, 2.05) is 19.9 Å². The molecule has 1 aliphatic heterocycles. The van der Waals surface area contributed by atoms with Gasteiger partial charge in [-0.1, -0.05) is 6.07 Å². The standard InChI is InChI=1S/C14H19FO2/c1-10-8-11(2)13(12(15)9-10)14(16)4-3-6-17-7-5-14/h8-9,16H,3-7H2,1-2H3. The summed E-state index contributed by atoms with van der Waals surface area (Å²) >= 11 is 0. The molecule has 1 fully saturated rings. The maximum atomic E-state index is 14.1. The molecular weight excluding hydrogens is 219 g/mol. The molecule has 0 amide bonds. The Kier molecular flexibility index (Phi) is 3.50. The van der Waals surface area contributed by atoms with E-state index in [4.69, 9.17) is 4.74 Å². The molecule has 17 heavy (non-hydrogen) atoms. The minimum Gasteiger partial charge on any atom is -0.385 e. The summed E-state index contributed by atoms with van der Waals surface area (Å²) in [6, 6.07) is 3.41. The SMILES string of the molecule is Cc1cc(C)c(C2(O)CCCOCC2)c(F)c1. The predicted molar refractivity (Wildman–Crippen MR) is 64.4 cm³/mol. The molecule has 1 aromatic carbocycles. The largest absolute Gasteiger partial charge is 0.385 e. The van der Waals surface area contributed by atoms with Crippen LogP contribution in [0, 0.1) is 19.7 Å². The highest BCUT2D eigenvalue weighted by Gasteiger charge is 2.34. The smallest absolute Gasteiger partial charge is 0.129 e. The first kappa shape index (κ1) is 12.5. The fraction of sp³-hybridized carbons (Fsp3) is 0.571. The summed E-state index contributed by atoms with van der Waals surface area (Å²) in [7, 11) is 0. The second-order valence-electron chi connectivity index (χ2n) is 4.94. The number of aryl methyl sites for hydroxylation is 2. The average Bonchev–Trinajstić information content (AvgIpc) is 2.41. The molecule has 0 bridgehead atoms. The van der Waals surface area contributed by atoms with Gasteiger partial charge in [-0.25, -0.2) is 4.39 Å². The van der Waals surface area contributed by atoms with Crippen LogP contribution in [0.15, 0.2) is 12.1 Å². The van der Waals surface area contributed by atoms with Crippen molar-refractivity contribution < 1.29 is 14.2 Å². The molecule has 2 rings (SSSR count). The Bertz CT molecular complexity index is 384. The molecule has 3 heteroatoms. The molecule has 1 saturated heterocycles. The monoisotopic (exact) mass is 238 g/mol. The van der Waals surface area contributed by atoms with E-state index in [-0.39, 0.29) is 5.82 Å². The van der Waals surface area contributed by atoms with Crippen molar-refractivity contribution >= 4 is 0 Å². The summed E-state index contributed by atoms with van der Waals surface area (Å²) in [5.41, 5.74) is 1.09. The van der Waals surface area contributed by atoms with Crippen LogP contribution < -0.4 is 0 Å². The van der Waals surface area contributed by atoms with Crippen LogP contribution in [-0.4, -0.2) is 18.3 Å². The van der Waals surface area contributed by atoms with E-state index in [0.29, 0.717) is 31.6 Å². The van der Waals surface area contributed by atoms with Crippen LogP contribution in [-0.2, 0) is 10.3 Å². The number of halogens is 1.